The monoisotopic (exact) mass is 541 g/mol. The number of piperidine rings is 1. The topological polar surface area (TPSA) is 71.0 Å². The third-order valence-electron chi connectivity index (χ3n) is 7.45. The van der Waals surface area contributed by atoms with Gasteiger partial charge in [0.05, 0.1) is 9.70 Å². The predicted molar refractivity (Wildman–Crippen MR) is 149 cm³/mol. The molecular weight excluding hydrogens is 506 g/mol. The molecule has 3 saturated heterocycles. The van der Waals surface area contributed by atoms with Gasteiger partial charge in [-0.2, -0.15) is 4.37 Å². The minimum atomic E-state index is -0.473. The number of piperazine rings is 1. The highest BCUT2D eigenvalue weighted by atomic mass is 32.1. The molecule has 6 rings (SSSR count). The average Bonchev–Trinajstić information content (AvgIpc) is 3.43. The highest BCUT2D eigenvalue weighted by Gasteiger charge is 2.48. The lowest BCUT2D eigenvalue weighted by Crippen LogP contribution is -2.70. The molecule has 3 atom stereocenters. The number of rotatable bonds is 5. The molecule has 3 aliphatic rings. The van der Waals surface area contributed by atoms with Crippen LogP contribution in [0.4, 0.5) is 14.8 Å². The smallest absolute Gasteiger partial charge is 0.410 e. The van der Waals surface area contributed by atoms with Gasteiger partial charge in [-0.1, -0.05) is 0 Å². The van der Waals surface area contributed by atoms with E-state index < -0.39 is 5.60 Å². The number of amides is 1. The van der Waals surface area contributed by atoms with Crippen molar-refractivity contribution in [2.24, 2.45) is 0 Å². The number of thiophene rings is 1. The molecule has 0 spiro atoms. The Morgan fingerprint density at radius 2 is 1.97 bits per heavy atom. The fraction of sp³-hybridized carbons (Fsp3) is 0.593. The Kier molecular flexibility index (Phi) is 6.53. The van der Waals surface area contributed by atoms with Crippen LogP contribution in [0.2, 0.25) is 0 Å². The summed E-state index contributed by atoms with van der Waals surface area (Å²) in [5.74, 6) is 0. The lowest BCUT2D eigenvalue weighted by atomic mass is 9.87. The number of fused-ring (bicyclic) bond motifs is 3. The third kappa shape index (κ3) is 4.79. The second-order valence-electron chi connectivity index (χ2n) is 11.3. The molecule has 3 unspecified atom stereocenters. The van der Waals surface area contributed by atoms with Crippen molar-refractivity contribution in [3.8, 4) is 0 Å². The van der Waals surface area contributed by atoms with E-state index in [1.165, 1.54) is 32.2 Å². The SMILES string of the molecule is Cc1c(N2C3CC2CN(C(=O)OC(C)(C)C)C3)sc2c(N(Cc3ccncc3)C3CCCCO3)snc12. The van der Waals surface area contributed by atoms with Gasteiger partial charge in [0.15, 0.2) is 0 Å². The quantitative estimate of drug-likeness (QED) is 0.405. The molecule has 0 aliphatic carbocycles. The fourth-order valence-electron chi connectivity index (χ4n) is 5.68. The molecule has 2 bridgehead atoms. The number of hydrogen-bond donors (Lipinski definition) is 0. The Morgan fingerprint density at radius 1 is 1.22 bits per heavy atom. The minimum absolute atomic E-state index is 0.0576. The van der Waals surface area contributed by atoms with Gasteiger partial charge in [-0.25, -0.2) is 4.79 Å². The third-order valence-corrected chi connectivity index (χ3v) is 9.77. The summed E-state index contributed by atoms with van der Waals surface area (Å²) in [6.45, 7) is 11.0. The zero-order valence-corrected chi connectivity index (χ0v) is 23.6. The number of hydrogen-bond acceptors (Lipinski definition) is 9. The molecule has 0 aromatic carbocycles. The van der Waals surface area contributed by atoms with Crippen LogP contribution in [0.15, 0.2) is 24.5 Å². The number of aryl methyl sites for hydroxylation is 1. The van der Waals surface area contributed by atoms with Crippen molar-refractivity contribution in [3.63, 3.8) is 0 Å². The Hall–Kier alpha value is -2.43. The van der Waals surface area contributed by atoms with E-state index in [0.29, 0.717) is 25.2 Å². The average molecular weight is 542 g/mol. The first-order valence-corrected chi connectivity index (χ1v) is 14.8. The zero-order valence-electron chi connectivity index (χ0n) is 22.0. The molecular formula is C27H35N5O3S2. The van der Waals surface area contributed by atoms with Crippen LogP contribution in [0.1, 0.15) is 57.6 Å². The Labute approximate surface area is 226 Å². The van der Waals surface area contributed by atoms with E-state index in [1.807, 2.05) is 49.4 Å². The van der Waals surface area contributed by atoms with Gasteiger partial charge in [-0.15, -0.1) is 11.3 Å². The van der Waals surface area contributed by atoms with Gasteiger partial charge in [0.25, 0.3) is 0 Å². The number of likely N-dealkylation sites (tertiary alicyclic amines) is 1. The Morgan fingerprint density at radius 3 is 2.65 bits per heavy atom. The summed E-state index contributed by atoms with van der Waals surface area (Å²) in [6.07, 6.45) is 8.02. The molecule has 37 heavy (non-hydrogen) atoms. The van der Waals surface area contributed by atoms with Crippen molar-refractivity contribution in [2.75, 3.05) is 29.5 Å². The van der Waals surface area contributed by atoms with Crippen molar-refractivity contribution in [1.29, 1.82) is 0 Å². The van der Waals surface area contributed by atoms with E-state index in [0.717, 1.165) is 37.9 Å². The van der Waals surface area contributed by atoms with Gasteiger partial charge in [0, 0.05) is 56.3 Å². The standard InChI is InChI=1S/C27H35N5O3S2/c1-17-22-23(36-24(17)32-19-13-20(32)16-30(15-19)26(33)35-27(2,3)4)25(37-29-22)31(21-7-5-6-12-34-21)14-18-8-10-28-11-9-18/h8-11,19-21H,5-7,12-16H2,1-4H3. The van der Waals surface area contributed by atoms with E-state index in [-0.39, 0.29) is 12.3 Å². The van der Waals surface area contributed by atoms with Crippen LogP contribution in [-0.2, 0) is 16.0 Å². The summed E-state index contributed by atoms with van der Waals surface area (Å²) in [5.41, 5.74) is 3.10. The second kappa shape index (κ2) is 9.71. The normalized spacial score (nSPS) is 23.7. The Balaban J connectivity index is 1.27. The molecule has 0 radical (unpaired) electrons. The highest BCUT2D eigenvalue weighted by molar-refractivity contribution is 7.27. The first-order valence-electron chi connectivity index (χ1n) is 13.2. The van der Waals surface area contributed by atoms with E-state index in [2.05, 4.69) is 33.8 Å². The summed E-state index contributed by atoms with van der Waals surface area (Å²) in [5, 5.41) is 2.49. The molecule has 6 heterocycles. The summed E-state index contributed by atoms with van der Waals surface area (Å²) in [7, 11) is 0. The molecule has 198 valence electrons. The largest absolute Gasteiger partial charge is 0.444 e. The fourth-order valence-corrected chi connectivity index (χ4v) is 8.20. The van der Waals surface area contributed by atoms with Crippen LogP contribution in [0.3, 0.4) is 0 Å². The lowest BCUT2D eigenvalue weighted by molar-refractivity contribution is 0.00866. The van der Waals surface area contributed by atoms with E-state index in [1.54, 1.807) is 11.5 Å². The maximum atomic E-state index is 12.7. The Bertz CT molecular complexity index is 1250. The van der Waals surface area contributed by atoms with Crippen molar-refractivity contribution >= 4 is 49.2 Å². The zero-order chi connectivity index (χ0) is 25.7. The number of nitrogens with zero attached hydrogens (tertiary/aromatic N) is 5. The van der Waals surface area contributed by atoms with Gasteiger partial charge in [-0.05, 0) is 82.6 Å². The number of carbonyl (C=O) groups is 1. The van der Waals surface area contributed by atoms with Crippen LogP contribution in [0.25, 0.3) is 10.2 Å². The highest BCUT2D eigenvalue weighted by Crippen LogP contribution is 2.49. The maximum Gasteiger partial charge on any atom is 0.410 e. The second-order valence-corrected chi connectivity index (χ2v) is 13.1. The number of anilines is 2. The van der Waals surface area contributed by atoms with Gasteiger partial charge in [0.2, 0.25) is 0 Å². The number of ether oxygens (including phenoxy) is 2. The van der Waals surface area contributed by atoms with Crippen LogP contribution in [0, 0.1) is 6.92 Å². The van der Waals surface area contributed by atoms with Gasteiger partial charge in [0.1, 0.15) is 22.3 Å². The molecule has 10 heteroatoms. The van der Waals surface area contributed by atoms with Crippen LogP contribution < -0.4 is 9.80 Å². The van der Waals surface area contributed by atoms with E-state index in [9.17, 15) is 4.79 Å². The molecule has 0 N–H and O–H groups in total. The van der Waals surface area contributed by atoms with Gasteiger partial charge in [-0.3, -0.25) is 4.98 Å². The summed E-state index contributed by atoms with van der Waals surface area (Å²) < 4.78 is 18.1. The van der Waals surface area contributed by atoms with Gasteiger partial charge < -0.3 is 24.2 Å². The van der Waals surface area contributed by atoms with Gasteiger partial charge >= 0.3 is 6.09 Å². The maximum absolute atomic E-state index is 12.7. The lowest BCUT2D eigenvalue weighted by Gasteiger charge is -2.57. The van der Waals surface area contributed by atoms with Crippen molar-refractivity contribution in [2.45, 2.75) is 83.8 Å². The van der Waals surface area contributed by atoms with E-state index >= 15 is 0 Å². The summed E-state index contributed by atoms with van der Waals surface area (Å²) in [4.78, 5) is 23.7. The summed E-state index contributed by atoms with van der Waals surface area (Å²) >= 11 is 3.43. The molecule has 3 aromatic rings. The number of aromatic nitrogens is 2. The molecule has 8 nitrogen and oxygen atoms in total. The van der Waals surface area contributed by atoms with Crippen molar-refractivity contribution < 1.29 is 14.3 Å². The van der Waals surface area contributed by atoms with Crippen molar-refractivity contribution in [1.82, 2.24) is 14.3 Å². The molecule has 1 amide bonds. The van der Waals surface area contributed by atoms with Crippen LogP contribution >= 0.6 is 22.9 Å². The molecule has 3 aromatic heterocycles. The molecule has 3 fully saturated rings. The number of pyridine rings is 1. The van der Waals surface area contributed by atoms with Crippen LogP contribution in [0.5, 0.6) is 0 Å². The summed E-state index contributed by atoms with van der Waals surface area (Å²) in [6, 6.07) is 4.82. The molecule has 3 aliphatic heterocycles. The number of carbonyl (C=O) groups excluding carboxylic acids is 1. The molecule has 0 saturated carbocycles. The minimum Gasteiger partial charge on any atom is -0.444 e. The predicted octanol–water partition coefficient (Wildman–Crippen LogP) is 5.79. The van der Waals surface area contributed by atoms with Crippen LogP contribution in [-0.4, -0.2) is 64.0 Å². The first-order chi connectivity index (χ1) is 17.8. The first kappa shape index (κ1) is 24.9. The van der Waals surface area contributed by atoms with Crippen molar-refractivity contribution in [3.05, 3.63) is 35.7 Å². The van der Waals surface area contributed by atoms with E-state index in [4.69, 9.17) is 13.8 Å².